The van der Waals surface area contributed by atoms with Gasteiger partial charge in [-0.3, -0.25) is 0 Å². The Labute approximate surface area is 93.5 Å². The molecule has 0 saturated heterocycles. The van der Waals surface area contributed by atoms with E-state index in [0.717, 1.165) is 25.3 Å². The standard InChI is InChI=1S/C10H14BrNS/c11-10-4-2-1-3-9(10)5-6-12-7-8-13/h1-4,12-13H,5-8H2. The molecule has 1 rings (SSSR count). The number of thiol groups is 1. The Kier molecular flexibility index (Phi) is 5.51. The number of hydrogen-bond acceptors (Lipinski definition) is 2. The van der Waals surface area contributed by atoms with Crippen LogP contribution in [-0.2, 0) is 6.42 Å². The highest BCUT2D eigenvalue weighted by molar-refractivity contribution is 9.10. The summed E-state index contributed by atoms with van der Waals surface area (Å²) < 4.78 is 1.20. The quantitative estimate of drug-likeness (QED) is 0.612. The highest BCUT2D eigenvalue weighted by Gasteiger charge is 1.96. The molecule has 0 aromatic heterocycles. The Morgan fingerprint density at radius 2 is 2.00 bits per heavy atom. The minimum Gasteiger partial charge on any atom is -0.316 e. The molecule has 1 aromatic rings. The van der Waals surface area contributed by atoms with Crippen molar-refractivity contribution < 1.29 is 0 Å². The normalized spacial score (nSPS) is 10.3. The van der Waals surface area contributed by atoms with Gasteiger partial charge in [-0.05, 0) is 24.6 Å². The monoisotopic (exact) mass is 259 g/mol. The predicted octanol–water partition coefficient (Wildman–Crippen LogP) is 2.51. The van der Waals surface area contributed by atoms with Crippen LogP contribution in [0.4, 0.5) is 0 Å². The van der Waals surface area contributed by atoms with Gasteiger partial charge in [0.1, 0.15) is 0 Å². The second-order valence-corrected chi connectivity index (χ2v) is 4.12. The van der Waals surface area contributed by atoms with E-state index in [-0.39, 0.29) is 0 Å². The summed E-state index contributed by atoms with van der Waals surface area (Å²) in [5.41, 5.74) is 1.36. The molecule has 1 nitrogen and oxygen atoms in total. The second kappa shape index (κ2) is 6.46. The maximum absolute atomic E-state index is 4.13. The van der Waals surface area contributed by atoms with Crippen molar-refractivity contribution in [3.63, 3.8) is 0 Å². The van der Waals surface area contributed by atoms with Crippen molar-refractivity contribution >= 4 is 28.6 Å². The highest BCUT2D eigenvalue weighted by Crippen LogP contribution is 2.15. The summed E-state index contributed by atoms with van der Waals surface area (Å²) in [6.45, 7) is 2.00. The summed E-state index contributed by atoms with van der Waals surface area (Å²) in [7, 11) is 0. The van der Waals surface area contributed by atoms with E-state index in [1.165, 1.54) is 10.0 Å². The van der Waals surface area contributed by atoms with Crippen molar-refractivity contribution in [1.29, 1.82) is 0 Å². The number of benzene rings is 1. The van der Waals surface area contributed by atoms with Gasteiger partial charge >= 0.3 is 0 Å². The first-order valence-electron chi connectivity index (χ1n) is 4.39. The summed E-state index contributed by atoms with van der Waals surface area (Å²) in [5.74, 6) is 0.899. The van der Waals surface area contributed by atoms with Gasteiger partial charge in [0, 0.05) is 16.8 Å². The van der Waals surface area contributed by atoms with Gasteiger partial charge in [0.2, 0.25) is 0 Å². The first-order chi connectivity index (χ1) is 6.34. The van der Waals surface area contributed by atoms with Gasteiger partial charge in [-0.1, -0.05) is 34.1 Å². The zero-order chi connectivity index (χ0) is 9.52. The van der Waals surface area contributed by atoms with E-state index in [2.05, 4.69) is 52.1 Å². The molecule has 1 N–H and O–H groups in total. The van der Waals surface area contributed by atoms with Crippen LogP contribution in [0.2, 0.25) is 0 Å². The Morgan fingerprint density at radius 1 is 1.23 bits per heavy atom. The van der Waals surface area contributed by atoms with Crippen LogP contribution < -0.4 is 5.32 Å². The van der Waals surface area contributed by atoms with E-state index in [1.54, 1.807) is 0 Å². The van der Waals surface area contributed by atoms with Crippen LogP contribution >= 0.6 is 28.6 Å². The van der Waals surface area contributed by atoms with Gasteiger partial charge in [0.25, 0.3) is 0 Å². The Hall–Kier alpha value is 0.01000. The third-order valence-corrected chi connectivity index (χ3v) is 2.81. The van der Waals surface area contributed by atoms with Gasteiger partial charge in [0.05, 0.1) is 0 Å². The molecule has 0 aliphatic rings. The van der Waals surface area contributed by atoms with Crippen molar-refractivity contribution in [3.8, 4) is 0 Å². The summed E-state index contributed by atoms with van der Waals surface area (Å²) in [5, 5.41) is 3.31. The van der Waals surface area contributed by atoms with E-state index in [0.29, 0.717) is 0 Å². The fourth-order valence-corrected chi connectivity index (χ4v) is 1.77. The lowest BCUT2D eigenvalue weighted by atomic mass is 10.1. The third kappa shape index (κ3) is 4.16. The zero-order valence-corrected chi connectivity index (χ0v) is 9.94. The van der Waals surface area contributed by atoms with Crippen LogP contribution in [0.1, 0.15) is 5.56 Å². The van der Waals surface area contributed by atoms with E-state index in [1.807, 2.05) is 6.07 Å². The second-order valence-electron chi connectivity index (χ2n) is 2.82. The largest absolute Gasteiger partial charge is 0.316 e. The molecule has 1 aromatic carbocycles. The van der Waals surface area contributed by atoms with Crippen molar-refractivity contribution in [3.05, 3.63) is 34.3 Å². The lowest BCUT2D eigenvalue weighted by Crippen LogP contribution is -2.19. The van der Waals surface area contributed by atoms with Crippen LogP contribution in [0.25, 0.3) is 0 Å². The summed E-state index contributed by atoms with van der Waals surface area (Å²) >= 11 is 7.65. The molecule has 3 heteroatoms. The van der Waals surface area contributed by atoms with Gasteiger partial charge in [-0.25, -0.2) is 0 Å². The molecule has 0 bridgehead atoms. The lowest BCUT2D eigenvalue weighted by Gasteiger charge is -2.04. The van der Waals surface area contributed by atoms with Crippen LogP contribution in [-0.4, -0.2) is 18.8 Å². The van der Waals surface area contributed by atoms with E-state index >= 15 is 0 Å². The minimum absolute atomic E-state index is 0.899. The molecule has 13 heavy (non-hydrogen) atoms. The number of nitrogens with one attached hydrogen (secondary N) is 1. The molecule has 0 fully saturated rings. The first kappa shape index (κ1) is 11.1. The number of hydrogen-bond donors (Lipinski definition) is 2. The van der Waals surface area contributed by atoms with Crippen LogP contribution in [0.3, 0.4) is 0 Å². The van der Waals surface area contributed by atoms with Gasteiger partial charge < -0.3 is 5.32 Å². The molecule has 0 unspecified atom stereocenters. The maximum Gasteiger partial charge on any atom is 0.0207 e. The van der Waals surface area contributed by atoms with Crippen molar-refractivity contribution in [1.82, 2.24) is 5.32 Å². The Morgan fingerprint density at radius 3 is 2.69 bits per heavy atom. The maximum atomic E-state index is 4.13. The van der Waals surface area contributed by atoms with Gasteiger partial charge in [0.15, 0.2) is 0 Å². The molecule has 72 valence electrons. The Bertz CT molecular complexity index is 252. The molecule has 0 aliphatic heterocycles. The first-order valence-corrected chi connectivity index (χ1v) is 5.82. The fourth-order valence-electron chi connectivity index (χ4n) is 1.13. The molecular formula is C10H14BrNS. The molecule has 0 amide bonds. The number of rotatable bonds is 5. The van der Waals surface area contributed by atoms with E-state index < -0.39 is 0 Å². The van der Waals surface area contributed by atoms with Crippen LogP contribution in [0.15, 0.2) is 28.7 Å². The summed E-state index contributed by atoms with van der Waals surface area (Å²) in [6, 6.07) is 8.33. The third-order valence-electron chi connectivity index (χ3n) is 1.82. The van der Waals surface area contributed by atoms with E-state index in [9.17, 15) is 0 Å². The van der Waals surface area contributed by atoms with Crippen LogP contribution in [0, 0.1) is 0 Å². The zero-order valence-electron chi connectivity index (χ0n) is 7.46. The molecule has 0 radical (unpaired) electrons. The molecular weight excluding hydrogens is 246 g/mol. The minimum atomic E-state index is 0.899. The summed E-state index contributed by atoms with van der Waals surface area (Å²) in [6.07, 6.45) is 1.06. The smallest absolute Gasteiger partial charge is 0.0207 e. The van der Waals surface area contributed by atoms with Crippen LogP contribution in [0.5, 0.6) is 0 Å². The van der Waals surface area contributed by atoms with Crippen molar-refractivity contribution in [2.45, 2.75) is 6.42 Å². The summed E-state index contributed by atoms with van der Waals surface area (Å²) in [4.78, 5) is 0. The molecule has 0 atom stereocenters. The van der Waals surface area contributed by atoms with Gasteiger partial charge in [-0.2, -0.15) is 12.6 Å². The molecule has 0 spiro atoms. The van der Waals surface area contributed by atoms with Crippen molar-refractivity contribution in [2.75, 3.05) is 18.8 Å². The predicted molar refractivity (Wildman–Crippen MR) is 64.6 cm³/mol. The van der Waals surface area contributed by atoms with E-state index in [4.69, 9.17) is 0 Å². The fraction of sp³-hybridized carbons (Fsp3) is 0.400. The topological polar surface area (TPSA) is 12.0 Å². The Balaban J connectivity index is 2.32. The highest BCUT2D eigenvalue weighted by atomic mass is 79.9. The number of halogens is 1. The average Bonchev–Trinajstić information content (AvgIpc) is 2.15. The lowest BCUT2D eigenvalue weighted by molar-refractivity contribution is 0.721. The SMILES string of the molecule is SCCNCCc1ccccc1Br. The molecule has 0 aliphatic carbocycles. The van der Waals surface area contributed by atoms with Gasteiger partial charge in [-0.15, -0.1) is 0 Å². The average molecular weight is 260 g/mol. The van der Waals surface area contributed by atoms with Crippen molar-refractivity contribution in [2.24, 2.45) is 0 Å². The molecule has 0 heterocycles. The molecule has 0 saturated carbocycles.